The van der Waals surface area contributed by atoms with Crippen molar-refractivity contribution in [3.05, 3.63) is 23.0 Å². The monoisotopic (exact) mass is 210 g/mol. The molecular formula is C9H7ClN2O2. The molecule has 1 heterocycles. The molecule has 0 bridgehead atoms. The quantitative estimate of drug-likeness (QED) is 0.451. The summed E-state index contributed by atoms with van der Waals surface area (Å²) in [7, 11) is 0. The molecule has 0 saturated carbocycles. The molecule has 0 saturated heterocycles. The van der Waals surface area contributed by atoms with Gasteiger partial charge in [0.2, 0.25) is 0 Å². The highest BCUT2D eigenvalue weighted by Gasteiger charge is 2.12. The van der Waals surface area contributed by atoms with Crippen LogP contribution in [0.5, 0.6) is 0 Å². The lowest BCUT2D eigenvalue weighted by molar-refractivity contribution is 0.0551. The number of terminal acetylenes is 1. The minimum Gasteiger partial charge on any atom is -0.448 e. The van der Waals surface area contributed by atoms with Gasteiger partial charge in [-0.3, -0.25) is 0 Å². The van der Waals surface area contributed by atoms with E-state index in [2.05, 4.69) is 15.6 Å². The summed E-state index contributed by atoms with van der Waals surface area (Å²) in [4.78, 5) is 15.0. The number of nitrogen functional groups attached to an aromatic ring is 1. The smallest absolute Gasteiger partial charge is 0.360 e. The summed E-state index contributed by atoms with van der Waals surface area (Å²) in [6.07, 6.45) is 4.92. The number of pyridine rings is 1. The molecule has 14 heavy (non-hydrogen) atoms. The third-order valence-corrected chi connectivity index (χ3v) is 1.58. The molecule has 0 aliphatic rings. The second-order valence-corrected chi connectivity index (χ2v) is 2.74. The van der Waals surface area contributed by atoms with E-state index in [4.69, 9.17) is 23.8 Å². The van der Waals surface area contributed by atoms with Crippen LogP contribution in [0.3, 0.4) is 0 Å². The van der Waals surface area contributed by atoms with Crippen LogP contribution in [0.4, 0.5) is 5.69 Å². The summed E-state index contributed by atoms with van der Waals surface area (Å²) in [5.74, 6) is 1.48. The fourth-order valence-electron chi connectivity index (χ4n) is 0.785. The lowest BCUT2D eigenvalue weighted by Crippen LogP contribution is -2.10. The van der Waals surface area contributed by atoms with Crippen molar-refractivity contribution in [2.75, 3.05) is 12.3 Å². The van der Waals surface area contributed by atoms with Crippen molar-refractivity contribution in [3.63, 3.8) is 0 Å². The van der Waals surface area contributed by atoms with Crippen molar-refractivity contribution < 1.29 is 9.53 Å². The van der Waals surface area contributed by atoms with E-state index in [1.54, 1.807) is 0 Å². The van der Waals surface area contributed by atoms with Crippen LogP contribution in [0.25, 0.3) is 0 Å². The predicted octanol–water partition coefficient (Wildman–Crippen LogP) is 1.11. The molecule has 0 fully saturated rings. The summed E-state index contributed by atoms with van der Waals surface area (Å²) in [6, 6.07) is 2.96. The molecule has 0 atom stereocenters. The summed E-state index contributed by atoms with van der Waals surface area (Å²) in [6.45, 7) is -0.119. The van der Waals surface area contributed by atoms with Gasteiger partial charge in [-0.25, -0.2) is 9.78 Å². The standard InChI is InChI=1S/C9H7ClN2O2/c1-2-5-14-9(13)8-6(11)3-4-7(10)12-8/h1,3-4H,5,11H2. The van der Waals surface area contributed by atoms with Crippen molar-refractivity contribution >= 4 is 23.3 Å². The van der Waals surface area contributed by atoms with Crippen LogP contribution >= 0.6 is 11.6 Å². The number of carbonyl (C=O) groups excluding carboxylic acids is 1. The van der Waals surface area contributed by atoms with Crippen LogP contribution in [-0.4, -0.2) is 17.6 Å². The van der Waals surface area contributed by atoms with Crippen LogP contribution in [0.1, 0.15) is 10.5 Å². The van der Waals surface area contributed by atoms with E-state index in [9.17, 15) is 4.79 Å². The average Bonchev–Trinajstić information content (AvgIpc) is 2.18. The van der Waals surface area contributed by atoms with Gasteiger partial charge in [-0.1, -0.05) is 17.5 Å². The number of hydrogen-bond acceptors (Lipinski definition) is 4. The van der Waals surface area contributed by atoms with Crippen LogP contribution in [0.2, 0.25) is 5.15 Å². The highest BCUT2D eigenvalue weighted by atomic mass is 35.5. The molecule has 0 amide bonds. The SMILES string of the molecule is C#CCOC(=O)c1nc(Cl)ccc1N. The molecule has 1 aromatic rings. The lowest BCUT2D eigenvalue weighted by atomic mass is 10.3. The Balaban J connectivity index is 2.90. The molecule has 2 N–H and O–H groups in total. The van der Waals surface area contributed by atoms with E-state index in [1.165, 1.54) is 12.1 Å². The number of ether oxygens (including phenoxy) is 1. The van der Waals surface area contributed by atoms with Gasteiger partial charge in [-0.15, -0.1) is 6.42 Å². The topological polar surface area (TPSA) is 65.2 Å². The Kier molecular flexibility index (Phi) is 3.32. The first kappa shape index (κ1) is 10.4. The molecular weight excluding hydrogens is 204 g/mol. The minimum absolute atomic E-state index is 0.0206. The highest BCUT2D eigenvalue weighted by molar-refractivity contribution is 6.29. The van der Waals surface area contributed by atoms with Gasteiger partial charge in [0.05, 0.1) is 5.69 Å². The molecule has 0 aliphatic heterocycles. The van der Waals surface area contributed by atoms with Crippen molar-refractivity contribution in [2.45, 2.75) is 0 Å². The Hall–Kier alpha value is -1.73. The Labute approximate surface area is 86.0 Å². The zero-order chi connectivity index (χ0) is 10.6. The number of esters is 1. The van der Waals surface area contributed by atoms with E-state index >= 15 is 0 Å². The van der Waals surface area contributed by atoms with E-state index in [-0.39, 0.29) is 23.1 Å². The molecule has 0 aromatic carbocycles. The van der Waals surface area contributed by atoms with Crippen LogP contribution in [-0.2, 0) is 4.74 Å². The summed E-state index contributed by atoms with van der Waals surface area (Å²) in [5, 5.41) is 0.173. The first-order valence-corrected chi connectivity index (χ1v) is 4.05. The average molecular weight is 211 g/mol. The van der Waals surface area contributed by atoms with Crippen LogP contribution in [0, 0.1) is 12.3 Å². The Morgan fingerprint density at radius 1 is 1.71 bits per heavy atom. The van der Waals surface area contributed by atoms with Gasteiger partial charge < -0.3 is 10.5 Å². The van der Waals surface area contributed by atoms with Gasteiger partial charge >= 0.3 is 5.97 Å². The minimum atomic E-state index is -0.678. The van der Waals surface area contributed by atoms with Crippen molar-refractivity contribution in [1.29, 1.82) is 0 Å². The van der Waals surface area contributed by atoms with Crippen LogP contribution < -0.4 is 5.73 Å². The van der Waals surface area contributed by atoms with Crippen molar-refractivity contribution in [1.82, 2.24) is 4.98 Å². The maximum Gasteiger partial charge on any atom is 0.360 e. The molecule has 1 rings (SSSR count). The third-order valence-electron chi connectivity index (χ3n) is 1.37. The number of nitrogens with two attached hydrogens (primary N) is 1. The maximum absolute atomic E-state index is 11.3. The Morgan fingerprint density at radius 3 is 3.07 bits per heavy atom. The van der Waals surface area contributed by atoms with Gasteiger partial charge in [0.25, 0.3) is 0 Å². The van der Waals surface area contributed by atoms with Gasteiger partial charge in [-0.05, 0) is 12.1 Å². The van der Waals surface area contributed by atoms with Crippen LogP contribution in [0.15, 0.2) is 12.1 Å². The zero-order valence-electron chi connectivity index (χ0n) is 7.16. The number of hydrogen-bond donors (Lipinski definition) is 1. The van der Waals surface area contributed by atoms with E-state index in [1.807, 2.05) is 0 Å². The van der Waals surface area contributed by atoms with Gasteiger partial charge in [0.15, 0.2) is 12.3 Å². The predicted molar refractivity (Wildman–Crippen MR) is 52.8 cm³/mol. The molecule has 0 aliphatic carbocycles. The first-order valence-electron chi connectivity index (χ1n) is 3.67. The van der Waals surface area contributed by atoms with Gasteiger partial charge in [-0.2, -0.15) is 0 Å². The number of rotatable bonds is 2. The number of carbonyl (C=O) groups is 1. The number of aromatic nitrogens is 1. The molecule has 0 radical (unpaired) electrons. The fourth-order valence-corrected chi connectivity index (χ4v) is 0.933. The zero-order valence-corrected chi connectivity index (χ0v) is 7.91. The second kappa shape index (κ2) is 4.49. The lowest BCUT2D eigenvalue weighted by Gasteiger charge is -2.03. The molecule has 1 aromatic heterocycles. The van der Waals surface area contributed by atoms with E-state index < -0.39 is 5.97 Å². The molecule has 4 nitrogen and oxygen atoms in total. The third kappa shape index (κ3) is 2.38. The van der Waals surface area contributed by atoms with Gasteiger partial charge in [0.1, 0.15) is 5.15 Å². The van der Waals surface area contributed by atoms with Crippen molar-refractivity contribution in [2.24, 2.45) is 0 Å². The van der Waals surface area contributed by atoms with E-state index in [0.717, 1.165) is 0 Å². The largest absolute Gasteiger partial charge is 0.448 e. The maximum atomic E-state index is 11.3. The number of halogens is 1. The summed E-state index contributed by atoms with van der Waals surface area (Å²) < 4.78 is 4.64. The summed E-state index contributed by atoms with van der Waals surface area (Å²) in [5.41, 5.74) is 5.67. The Bertz CT molecular complexity index is 398. The van der Waals surface area contributed by atoms with E-state index in [0.29, 0.717) is 0 Å². The number of nitrogens with zero attached hydrogens (tertiary/aromatic N) is 1. The molecule has 5 heteroatoms. The molecule has 72 valence electrons. The second-order valence-electron chi connectivity index (χ2n) is 2.35. The fraction of sp³-hybridized carbons (Fsp3) is 0.111. The Morgan fingerprint density at radius 2 is 2.43 bits per heavy atom. The first-order chi connectivity index (χ1) is 6.65. The highest BCUT2D eigenvalue weighted by Crippen LogP contribution is 2.14. The molecule has 0 unspecified atom stereocenters. The normalized spacial score (nSPS) is 9.14. The van der Waals surface area contributed by atoms with Gasteiger partial charge in [0, 0.05) is 0 Å². The van der Waals surface area contributed by atoms with Crippen molar-refractivity contribution in [3.8, 4) is 12.3 Å². The summed E-state index contributed by atoms with van der Waals surface area (Å²) >= 11 is 5.58. The molecule has 0 spiro atoms. The number of anilines is 1.